The van der Waals surface area contributed by atoms with Gasteiger partial charge in [-0.3, -0.25) is 5.32 Å². The maximum Gasteiger partial charge on any atom is 0.0965 e. The molecule has 1 aliphatic rings. The van der Waals surface area contributed by atoms with Gasteiger partial charge in [-0.1, -0.05) is 30.3 Å². The first-order valence-corrected chi connectivity index (χ1v) is 4.30. The van der Waals surface area contributed by atoms with Gasteiger partial charge in [-0.05, 0) is 5.56 Å². The van der Waals surface area contributed by atoms with Crippen LogP contribution in [0.1, 0.15) is 11.5 Å². The van der Waals surface area contributed by atoms with Crippen molar-refractivity contribution >= 4 is 0 Å². The lowest BCUT2D eigenvalue weighted by Gasteiger charge is -2.23. The molecular weight excluding hydrogens is 150 g/mol. The molecule has 0 aromatic heterocycles. The zero-order chi connectivity index (χ0) is 8.23. The molecule has 2 heteroatoms. The molecule has 1 saturated heterocycles. The maximum atomic E-state index is 5.33. The van der Waals surface area contributed by atoms with Crippen molar-refractivity contribution < 1.29 is 4.74 Å². The fraction of sp³-hybridized carbons (Fsp3) is 0.400. The number of nitrogens with one attached hydrogen (secondary N) is 1. The summed E-state index contributed by atoms with van der Waals surface area (Å²) in [6.45, 7) is 2.57. The van der Waals surface area contributed by atoms with E-state index in [1.54, 1.807) is 0 Å². The minimum atomic E-state index is 0.528. The van der Waals surface area contributed by atoms with E-state index in [0.717, 1.165) is 13.2 Å². The fourth-order valence-corrected chi connectivity index (χ4v) is 1.50. The predicted molar refractivity (Wildman–Crippen MR) is 48.0 cm³/mol. The largest absolute Gasteiger partial charge is 0.366 e. The van der Waals surface area contributed by atoms with Gasteiger partial charge in [-0.15, -0.1) is 0 Å². The molecule has 64 valence electrons. The molecule has 0 saturated carbocycles. The number of hydrogen-bond donors (Lipinski definition) is 1. The molecule has 0 radical (unpaired) electrons. The van der Waals surface area contributed by atoms with Crippen molar-refractivity contribution in [2.75, 3.05) is 19.9 Å². The standard InChI is InChI=1S/C10H13NO/c1-2-4-9(5-3-1)10-6-11-8-12-7-10/h1-5,10-11H,6-8H2. The SMILES string of the molecule is c1ccc(C2CNCOC2)cc1. The maximum absolute atomic E-state index is 5.33. The summed E-state index contributed by atoms with van der Waals surface area (Å²) in [5, 5.41) is 3.21. The lowest BCUT2D eigenvalue weighted by molar-refractivity contribution is 0.0696. The third-order valence-corrected chi connectivity index (χ3v) is 2.18. The van der Waals surface area contributed by atoms with Crippen LogP contribution in [0.5, 0.6) is 0 Å². The van der Waals surface area contributed by atoms with Crippen LogP contribution >= 0.6 is 0 Å². The van der Waals surface area contributed by atoms with Gasteiger partial charge in [0.1, 0.15) is 0 Å². The van der Waals surface area contributed by atoms with Gasteiger partial charge in [0.2, 0.25) is 0 Å². The molecule has 0 amide bonds. The van der Waals surface area contributed by atoms with Gasteiger partial charge in [-0.2, -0.15) is 0 Å². The van der Waals surface area contributed by atoms with Crippen LogP contribution in [0.2, 0.25) is 0 Å². The van der Waals surface area contributed by atoms with Gasteiger partial charge < -0.3 is 4.74 Å². The lowest BCUT2D eigenvalue weighted by atomic mass is 10.00. The highest BCUT2D eigenvalue weighted by molar-refractivity contribution is 5.20. The third-order valence-electron chi connectivity index (χ3n) is 2.18. The minimum Gasteiger partial charge on any atom is -0.366 e. The highest BCUT2D eigenvalue weighted by atomic mass is 16.5. The zero-order valence-corrected chi connectivity index (χ0v) is 6.99. The molecule has 1 atom stereocenters. The van der Waals surface area contributed by atoms with Crippen LogP contribution in [-0.4, -0.2) is 19.9 Å². The number of ether oxygens (including phenoxy) is 1. The van der Waals surface area contributed by atoms with Crippen molar-refractivity contribution in [3.63, 3.8) is 0 Å². The van der Waals surface area contributed by atoms with Crippen LogP contribution in [0.4, 0.5) is 0 Å². The van der Waals surface area contributed by atoms with Crippen molar-refractivity contribution in [2.45, 2.75) is 5.92 Å². The molecule has 1 aromatic rings. The smallest absolute Gasteiger partial charge is 0.0965 e. The Morgan fingerprint density at radius 1 is 1.25 bits per heavy atom. The van der Waals surface area contributed by atoms with Crippen molar-refractivity contribution in [3.05, 3.63) is 35.9 Å². The lowest BCUT2D eigenvalue weighted by Crippen LogP contribution is -2.33. The van der Waals surface area contributed by atoms with Gasteiger partial charge >= 0.3 is 0 Å². The van der Waals surface area contributed by atoms with E-state index in [-0.39, 0.29) is 0 Å². The summed E-state index contributed by atoms with van der Waals surface area (Å²) in [7, 11) is 0. The number of benzene rings is 1. The molecule has 12 heavy (non-hydrogen) atoms. The van der Waals surface area contributed by atoms with Crippen LogP contribution in [0.15, 0.2) is 30.3 Å². The highest BCUT2D eigenvalue weighted by Gasteiger charge is 2.14. The van der Waals surface area contributed by atoms with Gasteiger partial charge in [0, 0.05) is 12.5 Å². The molecule has 1 aliphatic heterocycles. The average Bonchev–Trinajstić information content (AvgIpc) is 2.21. The van der Waals surface area contributed by atoms with Gasteiger partial charge in [0.25, 0.3) is 0 Å². The fourth-order valence-electron chi connectivity index (χ4n) is 1.50. The summed E-state index contributed by atoms with van der Waals surface area (Å²) in [6.07, 6.45) is 0. The molecular formula is C10H13NO. The second-order valence-electron chi connectivity index (χ2n) is 3.08. The summed E-state index contributed by atoms with van der Waals surface area (Å²) in [5.74, 6) is 0.528. The van der Waals surface area contributed by atoms with E-state index in [0.29, 0.717) is 12.6 Å². The Morgan fingerprint density at radius 3 is 2.75 bits per heavy atom. The Hall–Kier alpha value is -0.860. The van der Waals surface area contributed by atoms with Crippen LogP contribution in [0.3, 0.4) is 0 Å². The Bertz CT molecular complexity index is 229. The minimum absolute atomic E-state index is 0.528. The summed E-state index contributed by atoms with van der Waals surface area (Å²) >= 11 is 0. The monoisotopic (exact) mass is 163 g/mol. The average molecular weight is 163 g/mol. The third kappa shape index (κ3) is 1.65. The second-order valence-corrected chi connectivity index (χ2v) is 3.08. The van der Waals surface area contributed by atoms with Crippen LogP contribution in [-0.2, 0) is 4.74 Å². The van der Waals surface area contributed by atoms with Crippen molar-refractivity contribution in [3.8, 4) is 0 Å². The second kappa shape index (κ2) is 3.70. The molecule has 1 unspecified atom stereocenters. The van der Waals surface area contributed by atoms with E-state index in [9.17, 15) is 0 Å². The first-order chi connectivity index (χ1) is 5.97. The van der Waals surface area contributed by atoms with E-state index >= 15 is 0 Å². The quantitative estimate of drug-likeness (QED) is 0.674. The number of hydrogen-bond acceptors (Lipinski definition) is 2. The van der Waals surface area contributed by atoms with Crippen molar-refractivity contribution in [2.24, 2.45) is 0 Å². The van der Waals surface area contributed by atoms with Crippen LogP contribution < -0.4 is 5.32 Å². The van der Waals surface area contributed by atoms with E-state index in [4.69, 9.17) is 4.74 Å². The Morgan fingerprint density at radius 2 is 2.08 bits per heavy atom. The van der Waals surface area contributed by atoms with Gasteiger partial charge in [0.15, 0.2) is 0 Å². The molecule has 2 nitrogen and oxygen atoms in total. The molecule has 2 rings (SSSR count). The van der Waals surface area contributed by atoms with E-state index < -0.39 is 0 Å². The molecule has 1 fully saturated rings. The Labute approximate surface area is 72.5 Å². The molecule has 0 spiro atoms. The Balaban J connectivity index is 2.08. The van der Waals surface area contributed by atoms with Gasteiger partial charge in [-0.25, -0.2) is 0 Å². The zero-order valence-electron chi connectivity index (χ0n) is 6.99. The van der Waals surface area contributed by atoms with E-state index in [2.05, 4.69) is 29.6 Å². The molecule has 0 aliphatic carbocycles. The molecule has 0 bridgehead atoms. The normalized spacial score (nSPS) is 23.8. The summed E-state index contributed by atoms with van der Waals surface area (Å²) in [4.78, 5) is 0. The van der Waals surface area contributed by atoms with E-state index in [1.165, 1.54) is 5.56 Å². The summed E-state index contributed by atoms with van der Waals surface area (Å²) in [5.41, 5.74) is 1.37. The van der Waals surface area contributed by atoms with E-state index in [1.807, 2.05) is 6.07 Å². The highest BCUT2D eigenvalue weighted by Crippen LogP contribution is 2.16. The molecule has 1 heterocycles. The van der Waals surface area contributed by atoms with Crippen molar-refractivity contribution in [1.29, 1.82) is 0 Å². The molecule has 1 N–H and O–H groups in total. The summed E-state index contributed by atoms with van der Waals surface area (Å²) < 4.78 is 5.33. The van der Waals surface area contributed by atoms with Crippen LogP contribution in [0.25, 0.3) is 0 Å². The first-order valence-electron chi connectivity index (χ1n) is 4.30. The summed E-state index contributed by atoms with van der Waals surface area (Å²) in [6, 6.07) is 10.5. The Kier molecular flexibility index (Phi) is 2.39. The predicted octanol–water partition coefficient (Wildman–Crippen LogP) is 1.35. The molecule has 1 aromatic carbocycles. The van der Waals surface area contributed by atoms with Crippen LogP contribution in [0, 0.1) is 0 Å². The van der Waals surface area contributed by atoms with Crippen molar-refractivity contribution in [1.82, 2.24) is 5.32 Å². The topological polar surface area (TPSA) is 21.3 Å². The first kappa shape index (κ1) is 7.77. The van der Waals surface area contributed by atoms with Gasteiger partial charge in [0.05, 0.1) is 13.3 Å². The number of rotatable bonds is 1.